The second-order valence-corrected chi connectivity index (χ2v) is 6.10. The van der Waals surface area contributed by atoms with Crippen molar-refractivity contribution in [3.63, 3.8) is 0 Å². The number of aromatic hydroxyl groups is 1. The van der Waals surface area contributed by atoms with Crippen molar-refractivity contribution >= 4 is 11.7 Å². The number of carboxylic acid groups (broad SMARTS) is 1. The molecule has 126 valence electrons. The first-order valence-electron chi connectivity index (χ1n) is 7.88. The fraction of sp³-hybridized carbons (Fsp3) is 0.353. The molecule has 0 spiro atoms. The van der Waals surface area contributed by atoms with Crippen LogP contribution in [0, 0.1) is 5.92 Å². The van der Waals surface area contributed by atoms with Crippen molar-refractivity contribution < 1.29 is 15.0 Å². The molecule has 7 nitrogen and oxygen atoms in total. The van der Waals surface area contributed by atoms with E-state index in [4.69, 9.17) is 5.11 Å². The topological polar surface area (TPSA) is 95.7 Å². The molecule has 2 aromatic rings. The second kappa shape index (κ2) is 6.35. The van der Waals surface area contributed by atoms with E-state index in [9.17, 15) is 14.7 Å². The maximum absolute atomic E-state index is 11.7. The van der Waals surface area contributed by atoms with Gasteiger partial charge in [0.15, 0.2) is 5.75 Å². The Hall–Kier alpha value is -2.83. The average molecular weight is 329 g/mol. The summed E-state index contributed by atoms with van der Waals surface area (Å²) >= 11 is 0. The van der Waals surface area contributed by atoms with Crippen LogP contribution in [0.25, 0.3) is 5.69 Å². The summed E-state index contributed by atoms with van der Waals surface area (Å²) in [6, 6.07) is 7.43. The van der Waals surface area contributed by atoms with Gasteiger partial charge < -0.3 is 15.1 Å². The predicted octanol–water partition coefficient (Wildman–Crippen LogP) is 1.87. The number of hydrogen-bond acceptors (Lipinski definition) is 5. The number of aromatic carboxylic acids is 1. The first kappa shape index (κ1) is 16.0. The van der Waals surface area contributed by atoms with Gasteiger partial charge in [-0.1, -0.05) is 19.1 Å². The highest BCUT2D eigenvalue weighted by Gasteiger charge is 2.21. The lowest BCUT2D eigenvalue weighted by molar-refractivity contribution is 0.0686. The van der Waals surface area contributed by atoms with Crippen molar-refractivity contribution in [3.8, 4) is 11.4 Å². The maximum atomic E-state index is 11.7. The number of benzene rings is 1. The predicted molar refractivity (Wildman–Crippen MR) is 89.1 cm³/mol. The van der Waals surface area contributed by atoms with Crippen molar-refractivity contribution in [2.24, 2.45) is 5.92 Å². The standard InChI is InChI=1S/C17H19N3O4/c1-11-6-8-19(9-7-11)12-4-2-3-5-13(12)20-10-14(21)16(22)15(18-20)17(23)24/h2-5,10-11,21H,6-9H2,1H3,(H,23,24). The molecule has 1 fully saturated rings. The van der Waals surface area contributed by atoms with Crippen LogP contribution in [-0.4, -0.2) is 39.1 Å². The third kappa shape index (κ3) is 2.97. The Balaban J connectivity index is 2.08. The van der Waals surface area contributed by atoms with Crippen LogP contribution in [-0.2, 0) is 0 Å². The van der Waals surface area contributed by atoms with Gasteiger partial charge in [0.05, 0.1) is 17.6 Å². The van der Waals surface area contributed by atoms with Gasteiger partial charge in [-0.2, -0.15) is 5.10 Å². The molecule has 0 aliphatic carbocycles. The summed E-state index contributed by atoms with van der Waals surface area (Å²) < 4.78 is 1.26. The zero-order valence-corrected chi connectivity index (χ0v) is 13.3. The van der Waals surface area contributed by atoms with E-state index >= 15 is 0 Å². The van der Waals surface area contributed by atoms with Crippen molar-refractivity contribution in [2.45, 2.75) is 19.8 Å². The molecule has 1 aromatic heterocycles. The van der Waals surface area contributed by atoms with E-state index < -0.39 is 22.8 Å². The lowest BCUT2D eigenvalue weighted by atomic mass is 9.98. The SMILES string of the molecule is CC1CCN(c2ccccc2-n2cc(O)c(=O)c(C(=O)O)n2)CC1. The van der Waals surface area contributed by atoms with E-state index in [2.05, 4.69) is 16.9 Å². The summed E-state index contributed by atoms with van der Waals surface area (Å²) in [7, 11) is 0. The van der Waals surface area contributed by atoms with Crippen LogP contribution in [0.2, 0.25) is 0 Å². The smallest absolute Gasteiger partial charge is 0.360 e. The van der Waals surface area contributed by atoms with Gasteiger partial charge in [0.2, 0.25) is 5.69 Å². The lowest BCUT2D eigenvalue weighted by Gasteiger charge is -2.33. The van der Waals surface area contributed by atoms with Crippen molar-refractivity contribution in [1.82, 2.24) is 9.78 Å². The molecule has 24 heavy (non-hydrogen) atoms. The highest BCUT2D eigenvalue weighted by atomic mass is 16.4. The summed E-state index contributed by atoms with van der Waals surface area (Å²) in [5, 5.41) is 22.8. The van der Waals surface area contributed by atoms with Crippen LogP contribution in [0.3, 0.4) is 0 Å². The molecule has 0 atom stereocenters. The highest BCUT2D eigenvalue weighted by molar-refractivity contribution is 5.85. The normalized spacial score (nSPS) is 15.5. The van der Waals surface area contributed by atoms with Gasteiger partial charge in [0.1, 0.15) is 0 Å². The molecular formula is C17H19N3O4. The fourth-order valence-electron chi connectivity index (χ4n) is 2.92. The molecule has 7 heteroatoms. The summed E-state index contributed by atoms with van der Waals surface area (Å²) in [6.07, 6.45) is 3.31. The highest BCUT2D eigenvalue weighted by Crippen LogP contribution is 2.28. The second-order valence-electron chi connectivity index (χ2n) is 6.10. The van der Waals surface area contributed by atoms with E-state index in [1.807, 2.05) is 18.2 Å². The first-order chi connectivity index (χ1) is 11.5. The minimum absolute atomic E-state index is 0.629. The monoisotopic (exact) mass is 329 g/mol. The Morgan fingerprint density at radius 2 is 1.83 bits per heavy atom. The number of rotatable bonds is 3. The molecule has 1 aromatic carbocycles. The van der Waals surface area contributed by atoms with Crippen LogP contribution in [0.15, 0.2) is 35.3 Å². The van der Waals surface area contributed by atoms with Gasteiger partial charge in [-0.3, -0.25) is 4.79 Å². The van der Waals surface area contributed by atoms with Crippen molar-refractivity contribution in [1.29, 1.82) is 0 Å². The van der Waals surface area contributed by atoms with Crippen LogP contribution in [0.5, 0.6) is 5.75 Å². The molecule has 1 aliphatic heterocycles. The number of piperidine rings is 1. The van der Waals surface area contributed by atoms with Gasteiger partial charge in [-0.15, -0.1) is 0 Å². The zero-order valence-electron chi connectivity index (χ0n) is 13.3. The van der Waals surface area contributed by atoms with Gasteiger partial charge in [-0.05, 0) is 30.9 Å². The maximum Gasteiger partial charge on any atom is 0.360 e. The summed E-state index contributed by atoms with van der Waals surface area (Å²) in [5.74, 6) is -1.42. The molecule has 0 bridgehead atoms. The Morgan fingerprint density at radius 1 is 1.21 bits per heavy atom. The van der Waals surface area contributed by atoms with Crippen molar-refractivity contribution in [3.05, 3.63) is 46.4 Å². The Labute approximate surface area is 138 Å². The molecule has 0 amide bonds. The lowest BCUT2D eigenvalue weighted by Crippen LogP contribution is -2.33. The average Bonchev–Trinajstić information content (AvgIpc) is 2.57. The minimum atomic E-state index is -1.46. The number of carbonyl (C=O) groups is 1. The van der Waals surface area contributed by atoms with Gasteiger partial charge in [0, 0.05) is 13.1 Å². The third-order valence-electron chi connectivity index (χ3n) is 4.36. The van der Waals surface area contributed by atoms with Gasteiger partial charge >= 0.3 is 5.97 Å². The molecule has 0 unspecified atom stereocenters. The largest absolute Gasteiger partial charge is 0.503 e. The fourth-order valence-corrected chi connectivity index (χ4v) is 2.92. The van der Waals surface area contributed by atoms with Crippen LogP contribution >= 0.6 is 0 Å². The number of anilines is 1. The van der Waals surface area contributed by atoms with E-state index in [1.165, 1.54) is 4.68 Å². The Morgan fingerprint density at radius 3 is 2.46 bits per heavy atom. The Kier molecular flexibility index (Phi) is 4.24. The van der Waals surface area contributed by atoms with E-state index in [0.29, 0.717) is 11.6 Å². The number of para-hydroxylation sites is 2. The minimum Gasteiger partial charge on any atom is -0.503 e. The van der Waals surface area contributed by atoms with E-state index in [0.717, 1.165) is 37.8 Å². The molecule has 1 saturated heterocycles. The van der Waals surface area contributed by atoms with Gasteiger partial charge in [0.25, 0.3) is 5.43 Å². The zero-order chi connectivity index (χ0) is 17.3. The molecular weight excluding hydrogens is 310 g/mol. The number of carboxylic acids is 1. The van der Waals surface area contributed by atoms with E-state index in [-0.39, 0.29) is 0 Å². The Bertz CT molecular complexity index is 823. The van der Waals surface area contributed by atoms with Crippen LogP contribution < -0.4 is 10.3 Å². The van der Waals surface area contributed by atoms with Crippen LogP contribution in [0.1, 0.15) is 30.3 Å². The first-order valence-corrected chi connectivity index (χ1v) is 7.88. The van der Waals surface area contributed by atoms with Gasteiger partial charge in [-0.25, -0.2) is 9.48 Å². The molecule has 0 saturated carbocycles. The molecule has 2 N–H and O–H groups in total. The summed E-state index contributed by atoms with van der Waals surface area (Å²) in [4.78, 5) is 25.1. The molecule has 1 aliphatic rings. The molecule has 0 radical (unpaired) electrons. The number of aromatic nitrogens is 2. The summed E-state index contributed by atoms with van der Waals surface area (Å²) in [5.41, 5.74) is -0.152. The quantitative estimate of drug-likeness (QED) is 0.892. The third-order valence-corrected chi connectivity index (χ3v) is 4.36. The summed E-state index contributed by atoms with van der Waals surface area (Å²) in [6.45, 7) is 4.02. The van der Waals surface area contributed by atoms with E-state index in [1.54, 1.807) is 6.07 Å². The molecule has 2 heterocycles. The molecule has 3 rings (SSSR count). The number of hydrogen-bond donors (Lipinski definition) is 2. The number of nitrogens with zero attached hydrogens (tertiary/aromatic N) is 3. The van der Waals surface area contributed by atoms with Crippen LogP contribution in [0.4, 0.5) is 5.69 Å². The van der Waals surface area contributed by atoms with Crippen molar-refractivity contribution in [2.75, 3.05) is 18.0 Å².